The van der Waals surface area contributed by atoms with Crippen LogP contribution in [0.25, 0.3) is 0 Å². The Morgan fingerprint density at radius 3 is 2.45 bits per heavy atom. The van der Waals surface area contributed by atoms with Crippen LogP contribution in [0.1, 0.15) is 42.6 Å². The average Bonchev–Trinajstić information content (AvgIpc) is 3.32. The van der Waals surface area contributed by atoms with E-state index in [1.54, 1.807) is 0 Å². The molecule has 1 aromatic carbocycles. The van der Waals surface area contributed by atoms with Gasteiger partial charge in [0.05, 0.1) is 6.54 Å². The van der Waals surface area contributed by atoms with Crippen molar-refractivity contribution < 1.29 is 14.3 Å². The third kappa shape index (κ3) is 7.06. The summed E-state index contributed by atoms with van der Waals surface area (Å²) in [6.45, 7) is 9.34. The molecule has 2 heterocycles. The molecule has 0 saturated carbocycles. The second-order valence-electron chi connectivity index (χ2n) is 7.54. The molecular weight excluding hydrogens is 509 g/mol. The summed E-state index contributed by atoms with van der Waals surface area (Å²) in [5.41, 5.74) is 1.64. The van der Waals surface area contributed by atoms with Crippen molar-refractivity contribution in [3.63, 3.8) is 0 Å². The van der Waals surface area contributed by atoms with Gasteiger partial charge in [0.1, 0.15) is 6.10 Å². The highest BCUT2D eigenvalue weighted by Gasteiger charge is 2.30. The Morgan fingerprint density at radius 2 is 1.81 bits per heavy atom. The maximum atomic E-state index is 12.6. The molecule has 2 fully saturated rings. The van der Waals surface area contributed by atoms with Gasteiger partial charge in [-0.05, 0) is 44.4 Å². The Labute approximate surface area is 201 Å². The van der Waals surface area contributed by atoms with E-state index >= 15 is 0 Å². The highest BCUT2D eigenvalue weighted by molar-refractivity contribution is 14.0. The number of halogens is 1. The van der Waals surface area contributed by atoms with Gasteiger partial charge in [-0.3, -0.25) is 9.59 Å². The van der Waals surface area contributed by atoms with Crippen LogP contribution in [0.2, 0.25) is 0 Å². The van der Waals surface area contributed by atoms with E-state index in [2.05, 4.69) is 15.5 Å². The van der Waals surface area contributed by atoms with E-state index < -0.39 is 0 Å². The Hall–Kier alpha value is -1.88. The van der Waals surface area contributed by atoms with Crippen molar-refractivity contribution in [3.05, 3.63) is 35.4 Å². The number of rotatable bonds is 6. The summed E-state index contributed by atoms with van der Waals surface area (Å²) in [5.74, 6) is 0.892. The van der Waals surface area contributed by atoms with Crippen molar-refractivity contribution in [3.8, 4) is 0 Å². The van der Waals surface area contributed by atoms with Crippen LogP contribution in [0.5, 0.6) is 0 Å². The lowest BCUT2D eigenvalue weighted by Crippen LogP contribution is -2.55. The average molecular weight is 543 g/mol. The lowest BCUT2D eigenvalue weighted by atomic mass is 10.1. The lowest BCUT2D eigenvalue weighted by molar-refractivity contribution is -0.142. The number of aliphatic imine (C=N–C) groups is 1. The van der Waals surface area contributed by atoms with Gasteiger partial charge in [-0.25, -0.2) is 4.99 Å². The van der Waals surface area contributed by atoms with E-state index in [1.165, 1.54) is 0 Å². The molecule has 1 unspecified atom stereocenters. The Morgan fingerprint density at radius 1 is 1.10 bits per heavy atom. The van der Waals surface area contributed by atoms with Crippen molar-refractivity contribution in [1.82, 2.24) is 20.4 Å². The van der Waals surface area contributed by atoms with Gasteiger partial charge in [0.25, 0.3) is 11.8 Å². The van der Waals surface area contributed by atoms with Gasteiger partial charge >= 0.3 is 0 Å². The van der Waals surface area contributed by atoms with E-state index in [9.17, 15) is 9.59 Å². The van der Waals surface area contributed by atoms with Crippen LogP contribution < -0.4 is 10.6 Å². The third-order valence-corrected chi connectivity index (χ3v) is 5.37. The monoisotopic (exact) mass is 543 g/mol. The number of carbonyl (C=O) groups is 2. The molecule has 9 heteroatoms. The molecule has 2 saturated heterocycles. The predicted octanol–water partition coefficient (Wildman–Crippen LogP) is 1.84. The van der Waals surface area contributed by atoms with Crippen molar-refractivity contribution >= 4 is 41.8 Å². The van der Waals surface area contributed by atoms with Gasteiger partial charge in [-0.15, -0.1) is 24.0 Å². The minimum Gasteiger partial charge on any atom is -0.368 e. The van der Waals surface area contributed by atoms with Crippen LogP contribution in [0.4, 0.5) is 0 Å². The number of piperazine rings is 1. The maximum absolute atomic E-state index is 12.6. The maximum Gasteiger partial charge on any atom is 0.251 e. The van der Waals surface area contributed by atoms with Crippen LogP contribution in [0, 0.1) is 0 Å². The van der Waals surface area contributed by atoms with Crippen LogP contribution in [-0.2, 0) is 16.1 Å². The zero-order valence-corrected chi connectivity index (χ0v) is 20.8. The molecule has 2 aliphatic heterocycles. The highest BCUT2D eigenvalue weighted by Crippen LogP contribution is 2.16. The number of carbonyl (C=O) groups excluding carboxylic acids is 2. The summed E-state index contributed by atoms with van der Waals surface area (Å²) in [6.07, 6.45) is 1.54. The quantitative estimate of drug-likeness (QED) is 0.325. The van der Waals surface area contributed by atoms with E-state index in [0.29, 0.717) is 38.3 Å². The van der Waals surface area contributed by atoms with E-state index in [4.69, 9.17) is 9.73 Å². The van der Waals surface area contributed by atoms with Crippen molar-refractivity contribution in [2.75, 3.05) is 45.9 Å². The van der Waals surface area contributed by atoms with Crippen molar-refractivity contribution in [1.29, 1.82) is 0 Å². The van der Waals surface area contributed by atoms with E-state index in [-0.39, 0.29) is 41.9 Å². The number of ether oxygens (including phenoxy) is 1. The first-order valence-electron chi connectivity index (χ1n) is 10.9. The van der Waals surface area contributed by atoms with Gasteiger partial charge in [0.2, 0.25) is 0 Å². The minimum atomic E-state index is -0.254. The zero-order valence-electron chi connectivity index (χ0n) is 18.4. The fraction of sp³-hybridized carbons (Fsp3) is 0.591. The van der Waals surface area contributed by atoms with Gasteiger partial charge in [0.15, 0.2) is 5.96 Å². The van der Waals surface area contributed by atoms with Crippen LogP contribution in [0.15, 0.2) is 29.3 Å². The third-order valence-electron chi connectivity index (χ3n) is 5.37. The molecule has 2 N–H and O–H groups in total. The van der Waals surface area contributed by atoms with Gasteiger partial charge in [-0.1, -0.05) is 12.1 Å². The SMILES string of the molecule is CCNC(=O)c1cccc(CN=C(NCC)N2CCN(C(=O)C3CCCO3)CC2)c1.I. The summed E-state index contributed by atoms with van der Waals surface area (Å²) in [4.78, 5) is 33.5. The molecule has 0 bridgehead atoms. The second kappa shape index (κ2) is 12.8. The molecule has 2 aliphatic rings. The molecule has 1 aromatic rings. The van der Waals surface area contributed by atoms with Crippen LogP contribution in [0.3, 0.4) is 0 Å². The summed E-state index contributed by atoms with van der Waals surface area (Å²) < 4.78 is 5.54. The first kappa shape index (κ1) is 25.4. The molecule has 8 nitrogen and oxygen atoms in total. The molecule has 0 radical (unpaired) electrons. The smallest absolute Gasteiger partial charge is 0.251 e. The molecule has 172 valence electrons. The molecule has 1 atom stereocenters. The lowest BCUT2D eigenvalue weighted by Gasteiger charge is -2.37. The van der Waals surface area contributed by atoms with Gasteiger partial charge in [0, 0.05) is 51.4 Å². The molecule has 0 spiro atoms. The number of nitrogens with one attached hydrogen (secondary N) is 2. The first-order chi connectivity index (χ1) is 14.6. The topological polar surface area (TPSA) is 86.3 Å². The zero-order chi connectivity index (χ0) is 21.3. The minimum absolute atomic E-state index is 0. The van der Waals surface area contributed by atoms with E-state index in [0.717, 1.165) is 44.0 Å². The standard InChI is InChI=1S/C22H33N5O3.HI/c1-3-23-20(28)18-8-5-7-17(15-18)16-25-22(24-4-2)27-12-10-26(11-13-27)21(29)19-9-6-14-30-19;/h5,7-8,15,19H,3-4,6,9-14,16H2,1-2H3,(H,23,28)(H,24,25);1H. The molecule has 31 heavy (non-hydrogen) atoms. The number of hydrogen-bond donors (Lipinski definition) is 2. The molecule has 0 aromatic heterocycles. The number of hydrogen-bond acceptors (Lipinski definition) is 4. The summed E-state index contributed by atoms with van der Waals surface area (Å²) in [5, 5.41) is 6.17. The Kier molecular flexibility index (Phi) is 10.5. The molecule has 3 rings (SSSR count). The largest absolute Gasteiger partial charge is 0.368 e. The van der Waals surface area contributed by atoms with Crippen LogP contribution in [-0.4, -0.2) is 79.6 Å². The molecule has 0 aliphatic carbocycles. The summed E-state index contributed by atoms with van der Waals surface area (Å²) in [7, 11) is 0. The predicted molar refractivity (Wildman–Crippen MR) is 132 cm³/mol. The summed E-state index contributed by atoms with van der Waals surface area (Å²) in [6, 6.07) is 7.57. The molecule has 2 amide bonds. The first-order valence-corrected chi connectivity index (χ1v) is 10.9. The number of benzene rings is 1. The van der Waals surface area contributed by atoms with Gasteiger partial charge < -0.3 is 25.2 Å². The fourth-order valence-corrected chi connectivity index (χ4v) is 3.78. The number of nitrogens with zero attached hydrogens (tertiary/aromatic N) is 3. The van der Waals surface area contributed by atoms with Crippen molar-refractivity contribution in [2.24, 2.45) is 4.99 Å². The normalized spacial score (nSPS) is 19.0. The van der Waals surface area contributed by atoms with E-state index in [1.807, 2.05) is 43.0 Å². The number of amides is 2. The molecular formula is C22H34IN5O3. The number of guanidine groups is 1. The van der Waals surface area contributed by atoms with Crippen LogP contribution >= 0.6 is 24.0 Å². The Bertz CT molecular complexity index is 759. The Balaban J connectivity index is 0.00000341. The van der Waals surface area contributed by atoms with Gasteiger partial charge in [-0.2, -0.15) is 0 Å². The highest BCUT2D eigenvalue weighted by atomic mass is 127. The summed E-state index contributed by atoms with van der Waals surface area (Å²) >= 11 is 0. The fourth-order valence-electron chi connectivity index (χ4n) is 3.78. The van der Waals surface area contributed by atoms with Crippen molar-refractivity contribution in [2.45, 2.75) is 39.3 Å². The second-order valence-corrected chi connectivity index (χ2v) is 7.54.